The van der Waals surface area contributed by atoms with Gasteiger partial charge in [0.05, 0.1) is 18.5 Å². The van der Waals surface area contributed by atoms with Crippen molar-refractivity contribution in [2.75, 3.05) is 42.9 Å². The number of carbonyl (C=O) groups excluding carboxylic acids is 2. The van der Waals surface area contributed by atoms with Crippen LogP contribution in [0, 0.1) is 0 Å². The van der Waals surface area contributed by atoms with Crippen LogP contribution in [0.4, 0.5) is 25.1 Å². The molecule has 3 amide bonds. The first kappa shape index (κ1) is 27.6. The highest BCUT2D eigenvalue weighted by atomic mass is 35.5. The van der Waals surface area contributed by atoms with Crippen molar-refractivity contribution in [3.63, 3.8) is 0 Å². The van der Waals surface area contributed by atoms with Crippen LogP contribution >= 0.6 is 11.6 Å². The van der Waals surface area contributed by atoms with Crippen LogP contribution in [-0.2, 0) is 17.8 Å². The van der Waals surface area contributed by atoms with E-state index in [4.69, 9.17) is 11.6 Å². The maximum Gasteiger partial charge on any atom is 0.322 e. The number of amides is 3. The minimum absolute atomic E-state index is 0.0255. The number of carbonyl (C=O) groups is 2. The third-order valence-electron chi connectivity index (χ3n) is 8.65. The van der Waals surface area contributed by atoms with Crippen LogP contribution in [0.15, 0.2) is 61.1 Å². The lowest BCUT2D eigenvalue weighted by molar-refractivity contribution is -0.133. The van der Waals surface area contributed by atoms with Gasteiger partial charge in [0.25, 0.3) is 5.92 Å². The van der Waals surface area contributed by atoms with Crippen molar-refractivity contribution in [3.05, 3.63) is 71.6 Å². The first-order chi connectivity index (χ1) is 20.8. The Labute approximate surface area is 252 Å². The van der Waals surface area contributed by atoms with Gasteiger partial charge in [-0.2, -0.15) is 0 Å². The summed E-state index contributed by atoms with van der Waals surface area (Å²) in [6.07, 6.45) is 5.30. The summed E-state index contributed by atoms with van der Waals surface area (Å²) in [6, 6.07) is 15.1. The third kappa shape index (κ3) is 5.15. The fourth-order valence-corrected chi connectivity index (χ4v) is 6.66. The summed E-state index contributed by atoms with van der Waals surface area (Å²) in [6.45, 7) is 0.854. The molecule has 0 bridgehead atoms. The van der Waals surface area contributed by atoms with Crippen molar-refractivity contribution in [2.24, 2.45) is 0 Å². The third-order valence-corrected chi connectivity index (χ3v) is 8.98. The number of rotatable bonds is 5. The molecule has 12 heteroatoms. The number of nitrogens with one attached hydrogen (secondary N) is 1. The number of halogens is 3. The minimum atomic E-state index is -2.77. The second-order valence-electron chi connectivity index (χ2n) is 11.4. The highest BCUT2D eigenvalue weighted by Crippen LogP contribution is 2.41. The summed E-state index contributed by atoms with van der Waals surface area (Å²) in [5.74, 6) is -2.45. The van der Waals surface area contributed by atoms with Gasteiger partial charge in [-0.3, -0.25) is 4.79 Å². The molecule has 43 heavy (non-hydrogen) atoms. The molecule has 2 aromatic carbocycles. The van der Waals surface area contributed by atoms with Crippen LogP contribution in [0.2, 0.25) is 5.02 Å². The Bertz CT molecular complexity index is 1710. The summed E-state index contributed by atoms with van der Waals surface area (Å²) in [5, 5.41) is 4.12. The number of aromatic nitrogens is 3. The summed E-state index contributed by atoms with van der Waals surface area (Å²) in [4.78, 5) is 40.7. The van der Waals surface area contributed by atoms with E-state index in [-0.39, 0.29) is 24.5 Å². The molecule has 222 valence electrons. The zero-order valence-electron chi connectivity index (χ0n) is 23.3. The molecule has 0 atom stereocenters. The number of hydrogen-bond donors (Lipinski definition) is 1. The van der Waals surface area contributed by atoms with E-state index in [1.807, 2.05) is 58.5 Å². The molecule has 0 spiro atoms. The fourth-order valence-electron chi connectivity index (χ4n) is 6.42. The van der Waals surface area contributed by atoms with Gasteiger partial charge in [0.1, 0.15) is 24.3 Å². The molecular weight excluding hydrogens is 576 g/mol. The van der Waals surface area contributed by atoms with Crippen molar-refractivity contribution in [1.29, 1.82) is 0 Å². The van der Waals surface area contributed by atoms with Crippen molar-refractivity contribution < 1.29 is 18.4 Å². The van der Waals surface area contributed by atoms with Crippen LogP contribution in [0.25, 0.3) is 22.2 Å². The van der Waals surface area contributed by atoms with E-state index < -0.39 is 19.0 Å². The molecule has 2 saturated heterocycles. The van der Waals surface area contributed by atoms with Gasteiger partial charge in [-0.15, -0.1) is 0 Å². The second-order valence-corrected chi connectivity index (χ2v) is 11.8. The molecule has 0 aliphatic carbocycles. The van der Waals surface area contributed by atoms with E-state index in [2.05, 4.69) is 15.3 Å². The molecule has 9 nitrogen and oxygen atoms in total. The highest BCUT2D eigenvalue weighted by molar-refractivity contribution is 6.33. The zero-order chi connectivity index (χ0) is 29.7. The van der Waals surface area contributed by atoms with E-state index in [1.165, 1.54) is 11.2 Å². The van der Waals surface area contributed by atoms with Crippen LogP contribution in [-0.4, -0.2) is 81.0 Å². The number of likely N-dealkylation sites (tertiary alicyclic amines) is 1. The van der Waals surface area contributed by atoms with E-state index in [1.54, 1.807) is 10.6 Å². The number of benzene rings is 2. The molecule has 0 saturated carbocycles. The van der Waals surface area contributed by atoms with Gasteiger partial charge in [0, 0.05) is 53.7 Å². The largest absolute Gasteiger partial charge is 0.344 e. The number of fused-ring (bicyclic) bond motifs is 2. The Kier molecular flexibility index (Phi) is 6.92. The number of alkyl halides is 2. The van der Waals surface area contributed by atoms with Crippen LogP contribution in [0.1, 0.15) is 18.4 Å². The van der Waals surface area contributed by atoms with Crippen LogP contribution < -0.4 is 10.2 Å². The molecule has 2 aromatic heterocycles. The number of urea groups is 1. The standard InChI is InChI=1S/C31H30ClF2N7O2/c32-24-7-3-2-6-22(24)23-15-39(28-27(23)29(36-19-35-28)40-17-31(33,34)18-40)16-26(42)38-12-10-21(11-13-38)41-14-9-20-5-1-4-8-25(20)37-30(41)43/h1-8,15,19,21H,9-14,16-18H2,(H,37,43). The van der Waals surface area contributed by atoms with Gasteiger partial charge in [-0.05, 0) is 37.0 Å². The SMILES string of the molecule is O=C(Cn1cc(-c2ccccc2Cl)c2c(N3CC(F)(F)C3)ncnc21)N1CCC(N2CCc3ccccc3NC2=O)CC1. The van der Waals surface area contributed by atoms with Crippen molar-refractivity contribution in [1.82, 2.24) is 24.3 Å². The second kappa shape index (κ2) is 10.8. The Morgan fingerprint density at radius 1 is 1.00 bits per heavy atom. The molecule has 0 radical (unpaired) electrons. The van der Waals surface area contributed by atoms with Gasteiger partial charge in [-0.25, -0.2) is 23.5 Å². The van der Waals surface area contributed by atoms with Crippen molar-refractivity contribution >= 4 is 46.1 Å². The number of hydrogen-bond acceptors (Lipinski definition) is 5. The van der Waals surface area contributed by atoms with Gasteiger partial charge >= 0.3 is 6.03 Å². The lowest BCUT2D eigenvalue weighted by Crippen LogP contribution is -2.56. The average molecular weight is 606 g/mol. The zero-order valence-corrected chi connectivity index (χ0v) is 24.1. The normalized spacial score (nSPS) is 18.7. The quantitative estimate of drug-likeness (QED) is 0.334. The maximum atomic E-state index is 13.8. The topological polar surface area (TPSA) is 86.6 Å². The number of anilines is 2. The van der Waals surface area contributed by atoms with Crippen molar-refractivity contribution in [2.45, 2.75) is 37.8 Å². The summed E-state index contributed by atoms with van der Waals surface area (Å²) >= 11 is 6.55. The van der Waals surface area contributed by atoms with Crippen LogP contribution in [0.3, 0.4) is 0 Å². The van der Waals surface area contributed by atoms with Gasteiger partial charge < -0.3 is 24.6 Å². The number of para-hydroxylation sites is 1. The number of nitrogens with zero attached hydrogens (tertiary/aromatic N) is 6. The molecule has 5 heterocycles. The summed E-state index contributed by atoms with van der Waals surface area (Å²) < 4.78 is 29.4. The molecule has 4 aromatic rings. The Morgan fingerprint density at radius 3 is 2.51 bits per heavy atom. The smallest absolute Gasteiger partial charge is 0.322 e. The molecule has 2 fully saturated rings. The Hall–Kier alpha value is -4.25. The first-order valence-corrected chi connectivity index (χ1v) is 14.8. The van der Waals surface area contributed by atoms with Crippen molar-refractivity contribution in [3.8, 4) is 11.1 Å². The average Bonchev–Trinajstić information content (AvgIpc) is 3.25. The fraction of sp³-hybridized carbons (Fsp3) is 0.355. The summed E-state index contributed by atoms with van der Waals surface area (Å²) in [5.41, 5.74) is 3.86. The monoisotopic (exact) mass is 605 g/mol. The summed E-state index contributed by atoms with van der Waals surface area (Å²) in [7, 11) is 0. The lowest BCUT2D eigenvalue weighted by Gasteiger charge is -2.39. The molecule has 0 unspecified atom stereocenters. The molecule has 3 aliphatic rings. The Balaban J connectivity index is 1.10. The predicted octanol–water partition coefficient (Wildman–Crippen LogP) is 5.29. The lowest BCUT2D eigenvalue weighted by atomic mass is 10.0. The van der Waals surface area contributed by atoms with Gasteiger partial charge in [-0.1, -0.05) is 48.0 Å². The number of piperidine rings is 1. The molecule has 3 aliphatic heterocycles. The van der Waals surface area contributed by atoms with E-state index >= 15 is 0 Å². The van der Waals surface area contributed by atoms with E-state index in [0.29, 0.717) is 65.5 Å². The predicted molar refractivity (Wildman–Crippen MR) is 161 cm³/mol. The highest BCUT2D eigenvalue weighted by Gasteiger charge is 2.45. The Morgan fingerprint density at radius 2 is 1.74 bits per heavy atom. The van der Waals surface area contributed by atoms with Gasteiger partial charge in [0.2, 0.25) is 5.91 Å². The van der Waals surface area contributed by atoms with E-state index in [9.17, 15) is 18.4 Å². The van der Waals surface area contributed by atoms with Gasteiger partial charge in [0.15, 0.2) is 0 Å². The molecule has 1 N–H and O–H groups in total. The molecular formula is C31H30ClF2N7O2. The minimum Gasteiger partial charge on any atom is -0.344 e. The van der Waals surface area contributed by atoms with E-state index in [0.717, 1.165) is 17.7 Å². The first-order valence-electron chi connectivity index (χ1n) is 14.4. The maximum absolute atomic E-state index is 13.8. The molecule has 7 rings (SSSR count). The van der Waals surface area contributed by atoms with Crippen LogP contribution in [0.5, 0.6) is 0 Å².